The van der Waals surface area contributed by atoms with Crippen LogP contribution in [-0.2, 0) is 0 Å². The lowest BCUT2D eigenvalue weighted by Gasteiger charge is -2.06. The van der Waals surface area contributed by atoms with Gasteiger partial charge >= 0.3 is 6.18 Å². The number of aliphatic hydroxyl groups excluding tert-OH is 1. The van der Waals surface area contributed by atoms with Crippen molar-refractivity contribution in [2.75, 3.05) is 0 Å². The number of aliphatic hydroxyl groups is 1. The van der Waals surface area contributed by atoms with E-state index in [4.69, 9.17) is 5.11 Å². The highest BCUT2D eigenvalue weighted by atomic mass is 19.4. The van der Waals surface area contributed by atoms with Crippen LogP contribution in [0.25, 0.3) is 0 Å². The van der Waals surface area contributed by atoms with Crippen LogP contribution >= 0.6 is 0 Å². The summed E-state index contributed by atoms with van der Waals surface area (Å²) in [6, 6.07) is 0. The van der Waals surface area contributed by atoms with Gasteiger partial charge in [0.05, 0.1) is 5.57 Å². The Morgan fingerprint density at radius 3 is 1.90 bits per heavy atom. The molecule has 0 aromatic carbocycles. The first-order valence-electron chi connectivity index (χ1n) is 2.49. The number of halogens is 3. The third kappa shape index (κ3) is 2.13. The van der Waals surface area contributed by atoms with Crippen molar-refractivity contribution in [1.29, 1.82) is 0 Å². The molecule has 0 unspecified atom stereocenters. The van der Waals surface area contributed by atoms with Gasteiger partial charge in [-0.1, -0.05) is 12.7 Å². The molecule has 0 aromatic rings. The summed E-state index contributed by atoms with van der Waals surface area (Å²) in [6.45, 7) is 3.87. The molecular formula is C6H7F3O. The fourth-order valence-electron chi connectivity index (χ4n) is 0.469. The van der Waals surface area contributed by atoms with Crippen LogP contribution in [0.2, 0.25) is 0 Å². The van der Waals surface area contributed by atoms with Gasteiger partial charge in [-0.3, -0.25) is 0 Å². The lowest BCUT2D eigenvalue weighted by atomic mass is 10.2. The Hall–Kier alpha value is -0.930. The van der Waals surface area contributed by atoms with E-state index in [0.717, 1.165) is 6.92 Å². The molecule has 0 radical (unpaired) electrons. The van der Waals surface area contributed by atoms with Crippen LogP contribution in [0.3, 0.4) is 0 Å². The van der Waals surface area contributed by atoms with E-state index >= 15 is 0 Å². The maximum Gasteiger partial charge on any atom is 0.419 e. The van der Waals surface area contributed by atoms with E-state index in [2.05, 4.69) is 6.58 Å². The average Bonchev–Trinajstić information content (AvgIpc) is 1.60. The maximum absolute atomic E-state index is 11.7. The van der Waals surface area contributed by atoms with Crippen molar-refractivity contribution in [1.82, 2.24) is 0 Å². The molecule has 58 valence electrons. The first-order chi connectivity index (χ1) is 4.39. The predicted molar refractivity (Wildman–Crippen MR) is 31.6 cm³/mol. The van der Waals surface area contributed by atoms with Gasteiger partial charge < -0.3 is 5.11 Å². The van der Waals surface area contributed by atoms with Crippen molar-refractivity contribution in [3.63, 3.8) is 0 Å². The molecule has 0 fully saturated rings. The average molecular weight is 152 g/mol. The smallest absolute Gasteiger partial charge is 0.419 e. The van der Waals surface area contributed by atoms with Crippen molar-refractivity contribution in [3.05, 3.63) is 24.0 Å². The minimum atomic E-state index is -4.50. The molecule has 10 heavy (non-hydrogen) atoms. The van der Waals surface area contributed by atoms with Crippen LogP contribution in [0.15, 0.2) is 24.0 Å². The summed E-state index contributed by atoms with van der Waals surface area (Å²) < 4.78 is 35.0. The first-order valence-corrected chi connectivity index (χ1v) is 2.49. The number of hydrogen-bond donors (Lipinski definition) is 1. The number of hydrogen-bond acceptors (Lipinski definition) is 1. The van der Waals surface area contributed by atoms with E-state index in [1.165, 1.54) is 0 Å². The Morgan fingerprint density at radius 1 is 1.50 bits per heavy atom. The molecule has 0 bridgehead atoms. The molecule has 0 aromatic heterocycles. The topological polar surface area (TPSA) is 20.2 Å². The highest BCUT2D eigenvalue weighted by Gasteiger charge is 2.33. The van der Waals surface area contributed by atoms with Gasteiger partial charge in [0, 0.05) is 0 Å². The van der Waals surface area contributed by atoms with Crippen LogP contribution in [0.4, 0.5) is 13.2 Å². The maximum atomic E-state index is 11.7. The van der Waals surface area contributed by atoms with Crippen LogP contribution in [0.1, 0.15) is 6.92 Å². The lowest BCUT2D eigenvalue weighted by molar-refractivity contribution is -0.0907. The molecule has 0 aliphatic rings. The minimum absolute atomic E-state index is 0.579. The quantitative estimate of drug-likeness (QED) is 0.452. The predicted octanol–water partition coefficient (Wildman–Crippen LogP) is 2.57. The minimum Gasteiger partial charge on any atom is -0.512 e. The molecule has 0 aliphatic carbocycles. The van der Waals surface area contributed by atoms with Crippen LogP contribution in [0, 0.1) is 0 Å². The van der Waals surface area contributed by atoms with E-state index in [1.807, 2.05) is 0 Å². The van der Waals surface area contributed by atoms with Crippen molar-refractivity contribution in [2.24, 2.45) is 0 Å². The summed E-state index contributed by atoms with van der Waals surface area (Å²) >= 11 is 0. The van der Waals surface area contributed by atoms with E-state index < -0.39 is 17.5 Å². The van der Waals surface area contributed by atoms with Gasteiger partial charge in [0.2, 0.25) is 0 Å². The number of alkyl halides is 3. The van der Waals surface area contributed by atoms with Crippen LogP contribution in [-0.4, -0.2) is 11.3 Å². The number of allylic oxidation sites excluding steroid dienone is 3. The molecule has 1 nitrogen and oxygen atoms in total. The lowest BCUT2D eigenvalue weighted by Crippen LogP contribution is -2.11. The Kier molecular flexibility index (Phi) is 2.51. The van der Waals surface area contributed by atoms with Crippen LogP contribution in [0.5, 0.6) is 0 Å². The zero-order valence-electron chi connectivity index (χ0n) is 5.37. The SMILES string of the molecule is C=C/C(=C(\C)O)C(F)(F)F. The monoisotopic (exact) mass is 152 g/mol. The summed E-state index contributed by atoms with van der Waals surface area (Å²) in [6.07, 6.45) is -3.92. The van der Waals surface area contributed by atoms with E-state index in [9.17, 15) is 13.2 Å². The van der Waals surface area contributed by atoms with Gasteiger partial charge in [0.1, 0.15) is 5.76 Å². The van der Waals surface area contributed by atoms with Crippen LogP contribution < -0.4 is 0 Å². The normalized spacial score (nSPS) is 14.4. The highest BCUT2D eigenvalue weighted by Crippen LogP contribution is 2.27. The standard InChI is InChI=1S/C6H7F3O/c1-3-5(4(2)10)6(7,8)9/h3,10H,1H2,2H3/b5-4-. The molecule has 0 aliphatic heterocycles. The summed E-state index contributed by atoms with van der Waals surface area (Å²) in [5.41, 5.74) is -1.09. The Morgan fingerprint density at radius 2 is 1.90 bits per heavy atom. The molecule has 0 spiro atoms. The fourth-order valence-corrected chi connectivity index (χ4v) is 0.469. The van der Waals surface area contributed by atoms with Crippen molar-refractivity contribution in [2.45, 2.75) is 13.1 Å². The Labute approximate surface area is 56.5 Å². The van der Waals surface area contributed by atoms with E-state index in [1.54, 1.807) is 0 Å². The molecule has 0 rings (SSSR count). The van der Waals surface area contributed by atoms with E-state index in [-0.39, 0.29) is 0 Å². The molecule has 1 N–H and O–H groups in total. The molecule has 0 saturated carbocycles. The highest BCUT2D eigenvalue weighted by molar-refractivity contribution is 5.23. The summed E-state index contributed by atoms with van der Waals surface area (Å²) in [5.74, 6) is -0.762. The summed E-state index contributed by atoms with van der Waals surface area (Å²) in [4.78, 5) is 0. The molecule has 0 atom stereocenters. The largest absolute Gasteiger partial charge is 0.512 e. The second-order valence-electron chi connectivity index (χ2n) is 1.70. The Balaban J connectivity index is 4.71. The van der Waals surface area contributed by atoms with E-state index in [0.29, 0.717) is 6.08 Å². The third-order valence-corrected chi connectivity index (χ3v) is 0.899. The molecule has 0 saturated heterocycles. The second-order valence-corrected chi connectivity index (χ2v) is 1.70. The second kappa shape index (κ2) is 2.77. The van der Waals surface area contributed by atoms with Crippen molar-refractivity contribution < 1.29 is 18.3 Å². The van der Waals surface area contributed by atoms with Gasteiger partial charge in [-0.25, -0.2) is 0 Å². The molecule has 0 amide bonds. The zero-order chi connectivity index (χ0) is 8.36. The molecule has 4 heteroatoms. The van der Waals surface area contributed by atoms with Gasteiger partial charge in [-0.15, -0.1) is 0 Å². The summed E-state index contributed by atoms with van der Waals surface area (Å²) in [5, 5.41) is 8.44. The molecular weight excluding hydrogens is 145 g/mol. The van der Waals surface area contributed by atoms with Crippen molar-refractivity contribution >= 4 is 0 Å². The zero-order valence-corrected chi connectivity index (χ0v) is 5.37. The van der Waals surface area contributed by atoms with Gasteiger partial charge in [0.15, 0.2) is 0 Å². The first kappa shape index (κ1) is 9.07. The van der Waals surface area contributed by atoms with Gasteiger partial charge in [-0.2, -0.15) is 13.2 Å². The fraction of sp³-hybridized carbons (Fsp3) is 0.333. The Bertz CT molecular complexity index is 162. The molecule has 0 heterocycles. The number of rotatable bonds is 1. The van der Waals surface area contributed by atoms with Gasteiger partial charge in [-0.05, 0) is 6.92 Å². The van der Waals surface area contributed by atoms with Crippen molar-refractivity contribution in [3.8, 4) is 0 Å². The summed E-state index contributed by atoms with van der Waals surface area (Å²) in [7, 11) is 0. The third-order valence-electron chi connectivity index (χ3n) is 0.899. The van der Waals surface area contributed by atoms with Gasteiger partial charge in [0.25, 0.3) is 0 Å².